The van der Waals surface area contributed by atoms with Crippen LogP contribution in [0.15, 0.2) is 42.5 Å². The van der Waals surface area contributed by atoms with Gasteiger partial charge in [0.05, 0.1) is 31.0 Å². The van der Waals surface area contributed by atoms with Gasteiger partial charge in [0.15, 0.2) is 0 Å². The summed E-state index contributed by atoms with van der Waals surface area (Å²) in [6.07, 6.45) is 0.121. The molecular formula is C22H31O4P. The molecule has 0 saturated heterocycles. The van der Waals surface area contributed by atoms with Crippen LogP contribution in [-0.4, -0.2) is 25.4 Å². The van der Waals surface area contributed by atoms with Crippen LogP contribution in [0, 0.1) is 0 Å². The molecule has 0 aromatic heterocycles. The topological polar surface area (TPSA) is 36.9 Å². The van der Waals surface area contributed by atoms with Crippen LogP contribution in [0.4, 0.5) is 0 Å². The highest BCUT2D eigenvalue weighted by molar-refractivity contribution is 7.56. The summed E-state index contributed by atoms with van der Waals surface area (Å²) in [7, 11) is -1.18. The summed E-state index contributed by atoms with van der Waals surface area (Å²) in [5.41, 5.74) is 1.97. The summed E-state index contributed by atoms with van der Waals surface area (Å²) in [5, 5.41) is 1.03. The molecule has 0 unspecified atom stereocenters. The van der Waals surface area contributed by atoms with Gasteiger partial charge >= 0.3 is 0 Å². The first kappa shape index (κ1) is 21.7. The van der Waals surface area contributed by atoms with Gasteiger partial charge in [-0.15, -0.1) is 0 Å². The molecule has 0 bridgehead atoms. The van der Waals surface area contributed by atoms with Crippen LogP contribution < -0.4 is 14.8 Å². The van der Waals surface area contributed by atoms with Gasteiger partial charge in [-0.2, -0.15) is 0 Å². The van der Waals surface area contributed by atoms with Gasteiger partial charge in [-0.3, -0.25) is 0 Å². The van der Waals surface area contributed by atoms with E-state index in [0.29, 0.717) is 13.2 Å². The van der Waals surface area contributed by atoms with Crippen LogP contribution in [0.25, 0.3) is 11.1 Å². The highest BCUT2D eigenvalue weighted by atomic mass is 31.2. The molecule has 0 aliphatic rings. The Morgan fingerprint density at radius 2 is 1.26 bits per heavy atom. The fourth-order valence-electron chi connectivity index (χ4n) is 2.74. The van der Waals surface area contributed by atoms with Gasteiger partial charge in [-0.25, -0.2) is 0 Å². The maximum Gasteiger partial charge on any atom is 0.205 e. The summed E-state index contributed by atoms with van der Waals surface area (Å²) >= 11 is 0. The Morgan fingerprint density at radius 3 is 1.74 bits per heavy atom. The monoisotopic (exact) mass is 390 g/mol. The third-order valence-electron chi connectivity index (χ3n) is 3.58. The number of rotatable bonds is 10. The highest BCUT2D eigenvalue weighted by Gasteiger charge is 2.23. The van der Waals surface area contributed by atoms with Crippen LogP contribution in [-0.2, 0) is 9.05 Å². The zero-order chi connectivity index (χ0) is 19.8. The normalized spacial score (nSPS) is 11.4. The van der Waals surface area contributed by atoms with Gasteiger partial charge in [0.2, 0.25) is 8.38 Å². The molecule has 5 heteroatoms. The maximum absolute atomic E-state index is 6.12. The number of hydrogen-bond donors (Lipinski definition) is 0. The zero-order valence-corrected chi connectivity index (χ0v) is 18.1. The average Bonchev–Trinajstić information content (AvgIpc) is 2.61. The van der Waals surface area contributed by atoms with E-state index in [0.717, 1.165) is 27.9 Å². The standard InChI is InChI=1S/C22H31O4P/c1-7-23-27(24-8-2)21-15-10-9-12-18(21)22-19(25-16(3)4)13-11-14-20(22)26-17(5)6/h9-17H,7-8H2,1-6H3. The summed E-state index contributed by atoms with van der Waals surface area (Å²) in [6.45, 7) is 13.3. The van der Waals surface area contributed by atoms with Gasteiger partial charge < -0.3 is 18.5 Å². The lowest BCUT2D eigenvalue weighted by Crippen LogP contribution is -2.14. The smallest absolute Gasteiger partial charge is 0.205 e. The van der Waals surface area contributed by atoms with E-state index in [1.54, 1.807) is 0 Å². The van der Waals surface area contributed by atoms with E-state index in [4.69, 9.17) is 18.5 Å². The molecule has 27 heavy (non-hydrogen) atoms. The van der Waals surface area contributed by atoms with E-state index in [1.807, 2.05) is 71.9 Å². The highest BCUT2D eigenvalue weighted by Crippen LogP contribution is 2.45. The van der Waals surface area contributed by atoms with E-state index >= 15 is 0 Å². The first-order valence-corrected chi connectivity index (χ1v) is 10.8. The molecule has 4 nitrogen and oxygen atoms in total. The van der Waals surface area contributed by atoms with E-state index < -0.39 is 8.38 Å². The summed E-state index contributed by atoms with van der Waals surface area (Å²) < 4.78 is 24.1. The van der Waals surface area contributed by atoms with Crippen LogP contribution >= 0.6 is 8.38 Å². The fraction of sp³-hybridized carbons (Fsp3) is 0.455. The minimum atomic E-state index is -1.18. The fourth-order valence-corrected chi connectivity index (χ4v) is 4.15. The van der Waals surface area contributed by atoms with Crippen molar-refractivity contribution in [3.63, 3.8) is 0 Å². The van der Waals surface area contributed by atoms with Crippen molar-refractivity contribution in [1.29, 1.82) is 0 Å². The van der Waals surface area contributed by atoms with Crippen molar-refractivity contribution >= 4 is 13.7 Å². The SMILES string of the molecule is CCOP(OCC)c1ccccc1-c1c(OC(C)C)cccc1OC(C)C. The molecule has 0 N–H and O–H groups in total. The third kappa shape index (κ3) is 5.93. The summed E-state index contributed by atoms with van der Waals surface area (Å²) in [5.74, 6) is 1.61. The van der Waals surface area contributed by atoms with Gasteiger partial charge in [0.25, 0.3) is 0 Å². The number of hydrogen-bond acceptors (Lipinski definition) is 4. The predicted octanol–water partition coefficient (Wildman–Crippen LogP) is 5.94. The second-order valence-electron chi connectivity index (χ2n) is 6.57. The molecule has 0 aliphatic heterocycles. The molecule has 148 valence electrons. The molecule has 2 aromatic carbocycles. The Morgan fingerprint density at radius 1 is 0.741 bits per heavy atom. The summed E-state index contributed by atoms with van der Waals surface area (Å²) in [4.78, 5) is 0. The minimum absolute atomic E-state index is 0.0607. The molecule has 0 amide bonds. The molecule has 0 saturated carbocycles. The Labute approximate surface area is 164 Å². The van der Waals surface area contributed by atoms with Crippen molar-refractivity contribution in [2.75, 3.05) is 13.2 Å². The van der Waals surface area contributed by atoms with Crippen LogP contribution in [0.1, 0.15) is 41.5 Å². The second kappa shape index (κ2) is 10.7. The Hall–Kier alpha value is -1.61. The lowest BCUT2D eigenvalue weighted by molar-refractivity contribution is 0.231. The minimum Gasteiger partial charge on any atom is -0.490 e. The first-order chi connectivity index (χ1) is 13.0. The molecular weight excluding hydrogens is 359 g/mol. The van der Waals surface area contributed by atoms with Gasteiger partial charge in [0.1, 0.15) is 11.5 Å². The first-order valence-electron chi connectivity index (χ1n) is 9.59. The molecule has 2 aromatic rings. The van der Waals surface area contributed by atoms with E-state index in [9.17, 15) is 0 Å². The second-order valence-corrected chi connectivity index (χ2v) is 8.08. The van der Waals surface area contributed by atoms with Crippen molar-refractivity contribution < 1.29 is 18.5 Å². The van der Waals surface area contributed by atoms with Gasteiger partial charge in [-0.1, -0.05) is 24.3 Å². The lowest BCUT2D eigenvalue weighted by Gasteiger charge is -2.23. The molecule has 2 rings (SSSR count). The van der Waals surface area contributed by atoms with Crippen molar-refractivity contribution in [3.05, 3.63) is 42.5 Å². The van der Waals surface area contributed by atoms with Crippen LogP contribution in [0.3, 0.4) is 0 Å². The van der Waals surface area contributed by atoms with Crippen molar-refractivity contribution in [2.45, 2.75) is 53.8 Å². The van der Waals surface area contributed by atoms with Gasteiger partial charge in [0, 0.05) is 10.9 Å². The predicted molar refractivity (Wildman–Crippen MR) is 113 cm³/mol. The molecule has 0 spiro atoms. The zero-order valence-electron chi connectivity index (χ0n) is 17.2. The van der Waals surface area contributed by atoms with E-state index in [-0.39, 0.29) is 12.2 Å². The average molecular weight is 390 g/mol. The molecule has 0 aliphatic carbocycles. The third-order valence-corrected chi connectivity index (χ3v) is 5.34. The Bertz CT molecular complexity index is 681. The molecule has 0 heterocycles. The van der Waals surface area contributed by atoms with Crippen LogP contribution in [0.2, 0.25) is 0 Å². The van der Waals surface area contributed by atoms with E-state index in [1.165, 1.54) is 0 Å². The molecule has 0 radical (unpaired) electrons. The largest absolute Gasteiger partial charge is 0.490 e. The van der Waals surface area contributed by atoms with Crippen molar-refractivity contribution in [1.82, 2.24) is 0 Å². The Balaban J connectivity index is 2.65. The lowest BCUT2D eigenvalue weighted by atomic mass is 10.0. The summed E-state index contributed by atoms with van der Waals surface area (Å²) in [6, 6.07) is 14.1. The number of benzene rings is 2. The Kier molecular flexibility index (Phi) is 8.56. The van der Waals surface area contributed by atoms with Crippen molar-refractivity contribution in [3.8, 4) is 22.6 Å². The van der Waals surface area contributed by atoms with Crippen LogP contribution in [0.5, 0.6) is 11.5 Å². The molecule has 0 fully saturated rings. The maximum atomic E-state index is 6.12. The number of ether oxygens (including phenoxy) is 2. The van der Waals surface area contributed by atoms with E-state index in [2.05, 4.69) is 12.1 Å². The van der Waals surface area contributed by atoms with Crippen molar-refractivity contribution in [2.24, 2.45) is 0 Å². The van der Waals surface area contributed by atoms with Gasteiger partial charge in [-0.05, 0) is 59.7 Å². The quantitative estimate of drug-likeness (QED) is 0.471. The molecule has 0 atom stereocenters.